The molecule has 0 radical (unpaired) electrons. The molecule has 0 bridgehead atoms. The molecule has 1 heterocycles. The van der Waals surface area contributed by atoms with Crippen LogP contribution < -0.4 is 14.8 Å². The minimum atomic E-state index is -0.334. The van der Waals surface area contributed by atoms with Crippen molar-refractivity contribution >= 4 is 23.2 Å². The van der Waals surface area contributed by atoms with Crippen molar-refractivity contribution in [1.29, 1.82) is 0 Å². The van der Waals surface area contributed by atoms with Gasteiger partial charge in [0.05, 0.1) is 10.6 Å². The molecule has 0 spiro atoms. The third-order valence-electron chi connectivity index (χ3n) is 3.02. The van der Waals surface area contributed by atoms with Gasteiger partial charge in [-0.05, 0) is 30.3 Å². The first-order valence-corrected chi connectivity index (χ1v) is 6.71. The number of ether oxygens (including phenoxy) is 2. The number of carbonyl (C=O) groups excluding carboxylic acids is 1. The molecule has 6 heteroatoms. The fourth-order valence-electron chi connectivity index (χ4n) is 2.04. The molecule has 1 amide bonds. The summed E-state index contributed by atoms with van der Waals surface area (Å²) < 4.78 is 10.9. The predicted octanol–water partition coefficient (Wildman–Crippen LogP) is 3.07. The summed E-state index contributed by atoms with van der Waals surface area (Å²) in [5, 5.41) is 12.2. The van der Waals surface area contributed by atoms with Gasteiger partial charge in [-0.1, -0.05) is 17.7 Å². The zero-order chi connectivity index (χ0) is 14.8. The number of hydrogen-bond acceptors (Lipinski definition) is 4. The van der Waals surface area contributed by atoms with Gasteiger partial charge in [-0.25, -0.2) is 0 Å². The second kappa shape index (κ2) is 5.54. The van der Waals surface area contributed by atoms with Crippen LogP contribution in [0.4, 0.5) is 5.69 Å². The van der Waals surface area contributed by atoms with Crippen LogP contribution in [0.15, 0.2) is 36.4 Å². The fourth-order valence-corrected chi connectivity index (χ4v) is 2.22. The van der Waals surface area contributed by atoms with Gasteiger partial charge < -0.3 is 19.9 Å². The molecule has 2 aromatic carbocycles. The van der Waals surface area contributed by atoms with Crippen LogP contribution in [0.25, 0.3) is 0 Å². The summed E-state index contributed by atoms with van der Waals surface area (Å²) in [5.74, 6) is 0.617. The van der Waals surface area contributed by atoms with Crippen LogP contribution in [0, 0.1) is 0 Å². The van der Waals surface area contributed by atoms with Gasteiger partial charge in [0.25, 0.3) is 5.91 Å². The highest BCUT2D eigenvalue weighted by Gasteiger charge is 2.20. The van der Waals surface area contributed by atoms with Crippen molar-refractivity contribution in [3.05, 3.63) is 47.0 Å². The zero-order valence-electron chi connectivity index (χ0n) is 10.9. The normalized spacial score (nSPS) is 12.8. The van der Waals surface area contributed by atoms with E-state index in [2.05, 4.69) is 5.32 Å². The number of amides is 1. The molecular weight excluding hydrogens is 294 g/mol. The molecule has 3 rings (SSSR count). The molecule has 2 N–H and O–H groups in total. The molecule has 108 valence electrons. The number of carbonyl (C=O) groups is 1. The molecule has 0 fully saturated rings. The number of phenolic OH excluding ortho intramolecular Hbond substituents is 1. The number of rotatable bonds is 2. The molecule has 0 saturated heterocycles. The van der Waals surface area contributed by atoms with Crippen LogP contribution in [0.3, 0.4) is 0 Å². The summed E-state index contributed by atoms with van der Waals surface area (Å²) in [4.78, 5) is 12.3. The standard InChI is InChI=1S/C15H12ClNO4/c16-11-8-9(4-5-12(11)18)17-15(19)10-2-1-3-13-14(10)21-7-6-20-13/h1-5,8,18H,6-7H2,(H,17,19). The Hall–Kier alpha value is -2.40. The van der Waals surface area contributed by atoms with E-state index in [0.29, 0.717) is 36.0 Å². The average molecular weight is 306 g/mol. The maximum Gasteiger partial charge on any atom is 0.259 e. The van der Waals surface area contributed by atoms with Gasteiger partial charge in [0.15, 0.2) is 11.5 Å². The Kier molecular flexibility index (Phi) is 3.58. The predicted molar refractivity (Wildman–Crippen MR) is 78.5 cm³/mol. The number of para-hydroxylation sites is 1. The highest BCUT2D eigenvalue weighted by atomic mass is 35.5. The van der Waals surface area contributed by atoms with Crippen LogP contribution in [-0.2, 0) is 0 Å². The summed E-state index contributed by atoms with van der Waals surface area (Å²) in [6, 6.07) is 9.59. The lowest BCUT2D eigenvalue weighted by molar-refractivity contribution is 0.101. The van der Waals surface area contributed by atoms with Gasteiger partial charge in [0.2, 0.25) is 0 Å². The van der Waals surface area contributed by atoms with E-state index in [1.54, 1.807) is 24.3 Å². The average Bonchev–Trinajstić information content (AvgIpc) is 2.50. The summed E-state index contributed by atoms with van der Waals surface area (Å²) in [6.45, 7) is 0.869. The van der Waals surface area contributed by atoms with E-state index in [0.717, 1.165) is 0 Å². The fraction of sp³-hybridized carbons (Fsp3) is 0.133. The number of fused-ring (bicyclic) bond motifs is 1. The van der Waals surface area contributed by atoms with Crippen molar-refractivity contribution in [2.45, 2.75) is 0 Å². The lowest BCUT2D eigenvalue weighted by Crippen LogP contribution is -2.20. The number of halogens is 1. The SMILES string of the molecule is O=C(Nc1ccc(O)c(Cl)c1)c1cccc2c1OCCO2. The van der Waals surface area contributed by atoms with Crippen molar-refractivity contribution in [3.63, 3.8) is 0 Å². The number of benzene rings is 2. The Labute approximate surface area is 126 Å². The summed E-state index contributed by atoms with van der Waals surface area (Å²) in [6.07, 6.45) is 0. The highest BCUT2D eigenvalue weighted by Crippen LogP contribution is 2.34. The van der Waals surface area contributed by atoms with Gasteiger partial charge >= 0.3 is 0 Å². The lowest BCUT2D eigenvalue weighted by atomic mass is 10.1. The summed E-state index contributed by atoms with van der Waals surface area (Å²) in [5.41, 5.74) is 0.869. The molecule has 0 aliphatic carbocycles. The van der Waals surface area contributed by atoms with Crippen LogP contribution in [0.1, 0.15) is 10.4 Å². The van der Waals surface area contributed by atoms with Gasteiger partial charge in [0.1, 0.15) is 19.0 Å². The Morgan fingerprint density at radius 1 is 1.19 bits per heavy atom. The second-order valence-electron chi connectivity index (χ2n) is 4.45. The largest absolute Gasteiger partial charge is 0.506 e. The van der Waals surface area contributed by atoms with E-state index in [9.17, 15) is 9.90 Å². The topological polar surface area (TPSA) is 67.8 Å². The lowest BCUT2D eigenvalue weighted by Gasteiger charge is -2.20. The highest BCUT2D eigenvalue weighted by molar-refractivity contribution is 6.32. The summed E-state index contributed by atoms with van der Waals surface area (Å²) >= 11 is 5.81. The van der Waals surface area contributed by atoms with E-state index in [4.69, 9.17) is 21.1 Å². The minimum absolute atomic E-state index is 0.0384. The molecule has 21 heavy (non-hydrogen) atoms. The maximum atomic E-state index is 12.3. The van der Waals surface area contributed by atoms with Crippen molar-refractivity contribution < 1.29 is 19.4 Å². The van der Waals surface area contributed by atoms with Gasteiger partial charge in [-0.3, -0.25) is 4.79 Å². The summed E-state index contributed by atoms with van der Waals surface area (Å²) in [7, 11) is 0. The molecule has 1 aliphatic heterocycles. The minimum Gasteiger partial charge on any atom is -0.506 e. The molecule has 0 saturated carbocycles. The number of nitrogens with one attached hydrogen (secondary N) is 1. The second-order valence-corrected chi connectivity index (χ2v) is 4.86. The number of hydrogen-bond donors (Lipinski definition) is 2. The van der Waals surface area contributed by atoms with Crippen LogP contribution in [-0.4, -0.2) is 24.2 Å². The molecule has 1 aliphatic rings. The Bertz CT molecular complexity index is 702. The van der Waals surface area contributed by atoms with E-state index in [1.165, 1.54) is 12.1 Å². The van der Waals surface area contributed by atoms with Crippen molar-refractivity contribution in [2.24, 2.45) is 0 Å². The maximum absolute atomic E-state index is 12.3. The van der Waals surface area contributed by atoms with Crippen LogP contribution in [0.5, 0.6) is 17.2 Å². The van der Waals surface area contributed by atoms with Gasteiger partial charge in [0, 0.05) is 5.69 Å². The molecule has 0 aromatic heterocycles. The number of anilines is 1. The van der Waals surface area contributed by atoms with Crippen molar-refractivity contribution in [1.82, 2.24) is 0 Å². The van der Waals surface area contributed by atoms with Crippen LogP contribution >= 0.6 is 11.6 Å². The number of aromatic hydroxyl groups is 1. The Morgan fingerprint density at radius 2 is 2.00 bits per heavy atom. The smallest absolute Gasteiger partial charge is 0.259 e. The van der Waals surface area contributed by atoms with E-state index in [-0.39, 0.29) is 16.7 Å². The first-order chi connectivity index (χ1) is 10.1. The van der Waals surface area contributed by atoms with E-state index < -0.39 is 0 Å². The van der Waals surface area contributed by atoms with E-state index in [1.807, 2.05) is 0 Å². The van der Waals surface area contributed by atoms with Crippen molar-refractivity contribution in [2.75, 3.05) is 18.5 Å². The molecule has 5 nitrogen and oxygen atoms in total. The third-order valence-corrected chi connectivity index (χ3v) is 3.32. The Balaban J connectivity index is 1.87. The first-order valence-electron chi connectivity index (χ1n) is 6.33. The molecule has 0 unspecified atom stereocenters. The molecule has 0 atom stereocenters. The molecule has 2 aromatic rings. The van der Waals surface area contributed by atoms with Gasteiger partial charge in [-0.2, -0.15) is 0 Å². The first kappa shape index (κ1) is 13.6. The van der Waals surface area contributed by atoms with Gasteiger partial charge in [-0.15, -0.1) is 0 Å². The number of phenols is 1. The van der Waals surface area contributed by atoms with E-state index >= 15 is 0 Å². The third kappa shape index (κ3) is 2.73. The monoisotopic (exact) mass is 305 g/mol. The molecular formula is C15H12ClNO4. The van der Waals surface area contributed by atoms with Crippen molar-refractivity contribution in [3.8, 4) is 17.2 Å². The zero-order valence-corrected chi connectivity index (χ0v) is 11.7. The Morgan fingerprint density at radius 3 is 2.81 bits per heavy atom. The van der Waals surface area contributed by atoms with Crippen LogP contribution in [0.2, 0.25) is 5.02 Å². The quantitative estimate of drug-likeness (QED) is 0.837.